The first-order valence-electron chi connectivity index (χ1n) is 6.60. The molecular formula is C15H13N3O5. The van der Waals surface area contributed by atoms with Gasteiger partial charge in [0.05, 0.1) is 4.92 Å². The second-order valence-corrected chi connectivity index (χ2v) is 4.66. The molecule has 8 nitrogen and oxygen atoms in total. The van der Waals surface area contributed by atoms with E-state index in [4.69, 9.17) is 14.4 Å². The molecule has 1 N–H and O–H groups in total. The van der Waals surface area contributed by atoms with Gasteiger partial charge in [0.25, 0.3) is 5.91 Å². The number of anilines is 1. The van der Waals surface area contributed by atoms with Gasteiger partial charge in [-0.15, -0.1) is 0 Å². The molecule has 1 amide bonds. The van der Waals surface area contributed by atoms with Gasteiger partial charge in [-0.2, -0.15) is 5.26 Å². The van der Waals surface area contributed by atoms with Crippen molar-refractivity contribution in [1.29, 1.82) is 5.26 Å². The Bertz CT molecular complexity index is 804. The van der Waals surface area contributed by atoms with Crippen molar-refractivity contribution < 1.29 is 18.9 Å². The van der Waals surface area contributed by atoms with Gasteiger partial charge in [-0.1, -0.05) is 12.1 Å². The molecule has 0 spiro atoms. The molecule has 0 saturated carbocycles. The maximum atomic E-state index is 11.9. The number of carbonyl (C=O) groups excluding carboxylic acids is 1. The summed E-state index contributed by atoms with van der Waals surface area (Å²) in [6.45, 7) is 2.93. The molecule has 0 aliphatic carbocycles. The normalized spacial score (nSPS) is 9.96. The zero-order chi connectivity index (χ0) is 17.0. The Balaban J connectivity index is 2.06. The molecule has 2 aromatic rings. The molecule has 8 heteroatoms. The summed E-state index contributed by atoms with van der Waals surface area (Å²) in [5.41, 5.74) is 0.645. The summed E-state index contributed by atoms with van der Waals surface area (Å²) in [5, 5.41) is 22.3. The number of nitriles is 1. The van der Waals surface area contributed by atoms with Gasteiger partial charge >= 0.3 is 5.69 Å². The second-order valence-electron chi connectivity index (χ2n) is 4.66. The fourth-order valence-electron chi connectivity index (χ4n) is 1.89. The van der Waals surface area contributed by atoms with Crippen molar-refractivity contribution in [1.82, 2.24) is 0 Å². The smallest absolute Gasteiger partial charge is 0.310 e. The lowest BCUT2D eigenvalue weighted by Gasteiger charge is -2.06. The van der Waals surface area contributed by atoms with Crippen molar-refractivity contribution in [2.75, 3.05) is 11.9 Å². The van der Waals surface area contributed by atoms with Gasteiger partial charge in [0, 0.05) is 11.6 Å². The van der Waals surface area contributed by atoms with Crippen molar-refractivity contribution in [3.63, 3.8) is 0 Å². The standard InChI is InChI=1S/C15H13N3O5/c1-9-10(2)23-15(11(9)7-16)17-14(19)8-22-13-6-4-3-5-12(13)18(20)21/h3-6H,8H2,1-2H3,(H,17,19). The van der Waals surface area contributed by atoms with Crippen LogP contribution in [0.5, 0.6) is 5.75 Å². The van der Waals surface area contributed by atoms with E-state index in [1.165, 1.54) is 18.2 Å². The third-order valence-corrected chi connectivity index (χ3v) is 3.17. The predicted molar refractivity (Wildman–Crippen MR) is 80.1 cm³/mol. The van der Waals surface area contributed by atoms with Crippen LogP contribution in [-0.2, 0) is 4.79 Å². The minimum Gasteiger partial charge on any atom is -0.477 e. The number of nitro groups is 1. The summed E-state index contributed by atoms with van der Waals surface area (Å²) >= 11 is 0. The van der Waals surface area contributed by atoms with E-state index in [1.54, 1.807) is 19.9 Å². The van der Waals surface area contributed by atoms with Gasteiger partial charge in [0.1, 0.15) is 17.4 Å². The van der Waals surface area contributed by atoms with Gasteiger partial charge in [-0.25, -0.2) is 0 Å². The number of rotatable bonds is 5. The topological polar surface area (TPSA) is 118 Å². The lowest BCUT2D eigenvalue weighted by molar-refractivity contribution is -0.385. The summed E-state index contributed by atoms with van der Waals surface area (Å²) in [7, 11) is 0. The number of nitrogens with one attached hydrogen (secondary N) is 1. The van der Waals surface area contributed by atoms with Crippen molar-refractivity contribution >= 4 is 17.5 Å². The van der Waals surface area contributed by atoms with E-state index in [0.29, 0.717) is 11.3 Å². The fourth-order valence-corrected chi connectivity index (χ4v) is 1.89. The number of nitro benzene ring substituents is 1. The van der Waals surface area contributed by atoms with E-state index in [1.807, 2.05) is 6.07 Å². The van der Waals surface area contributed by atoms with Crippen LogP contribution in [0, 0.1) is 35.3 Å². The van der Waals surface area contributed by atoms with Crippen LogP contribution in [0.1, 0.15) is 16.9 Å². The molecule has 0 atom stereocenters. The van der Waals surface area contributed by atoms with Gasteiger partial charge in [-0.05, 0) is 19.9 Å². The van der Waals surface area contributed by atoms with E-state index >= 15 is 0 Å². The quantitative estimate of drug-likeness (QED) is 0.669. The van der Waals surface area contributed by atoms with Gasteiger partial charge in [0.15, 0.2) is 12.4 Å². The van der Waals surface area contributed by atoms with Crippen LogP contribution in [0.25, 0.3) is 0 Å². The lowest BCUT2D eigenvalue weighted by Crippen LogP contribution is -2.20. The van der Waals surface area contributed by atoms with Crippen LogP contribution >= 0.6 is 0 Å². The number of aryl methyl sites for hydroxylation is 1. The van der Waals surface area contributed by atoms with Crippen LogP contribution in [0.15, 0.2) is 28.7 Å². The van der Waals surface area contributed by atoms with Gasteiger partial charge < -0.3 is 9.15 Å². The minimum absolute atomic E-state index is 0.0139. The molecular weight excluding hydrogens is 302 g/mol. The Morgan fingerprint density at radius 1 is 1.43 bits per heavy atom. The van der Waals surface area contributed by atoms with Gasteiger partial charge in [-0.3, -0.25) is 20.2 Å². The number of furan rings is 1. The van der Waals surface area contributed by atoms with Crippen LogP contribution < -0.4 is 10.1 Å². The van der Waals surface area contributed by atoms with Crippen LogP contribution in [0.4, 0.5) is 11.6 Å². The van der Waals surface area contributed by atoms with Crippen molar-refractivity contribution in [3.8, 4) is 11.8 Å². The number of benzene rings is 1. The molecule has 0 aliphatic rings. The van der Waals surface area contributed by atoms with Crippen molar-refractivity contribution in [2.45, 2.75) is 13.8 Å². The highest BCUT2D eigenvalue weighted by Gasteiger charge is 2.18. The maximum Gasteiger partial charge on any atom is 0.310 e. The first kappa shape index (κ1) is 16.0. The average molecular weight is 315 g/mol. The summed E-state index contributed by atoms with van der Waals surface area (Å²) in [5.74, 6) is -0.0384. The Hall–Kier alpha value is -3.34. The molecule has 0 radical (unpaired) electrons. The number of ether oxygens (including phenoxy) is 1. The number of amides is 1. The largest absolute Gasteiger partial charge is 0.477 e. The number of nitrogens with zero attached hydrogens (tertiary/aromatic N) is 2. The van der Waals surface area contributed by atoms with Crippen molar-refractivity contribution in [2.24, 2.45) is 0 Å². The summed E-state index contributed by atoms with van der Waals surface area (Å²) in [4.78, 5) is 22.1. The van der Waals surface area contributed by atoms with E-state index < -0.39 is 17.4 Å². The summed E-state index contributed by atoms with van der Waals surface area (Å²) in [6, 6.07) is 7.68. The number of hydrogen-bond acceptors (Lipinski definition) is 6. The average Bonchev–Trinajstić information content (AvgIpc) is 2.79. The third-order valence-electron chi connectivity index (χ3n) is 3.17. The van der Waals surface area contributed by atoms with Gasteiger partial charge in [0.2, 0.25) is 5.88 Å². The Morgan fingerprint density at radius 2 is 2.13 bits per heavy atom. The van der Waals surface area contributed by atoms with Crippen molar-refractivity contribution in [3.05, 3.63) is 51.3 Å². The molecule has 0 saturated heterocycles. The molecule has 1 aromatic heterocycles. The first-order valence-corrected chi connectivity index (χ1v) is 6.60. The van der Waals surface area contributed by atoms with Crippen LogP contribution in [0.3, 0.4) is 0 Å². The second kappa shape index (κ2) is 6.62. The molecule has 118 valence electrons. The van der Waals surface area contributed by atoms with E-state index in [0.717, 1.165) is 0 Å². The lowest BCUT2D eigenvalue weighted by atomic mass is 10.2. The molecule has 0 bridgehead atoms. The highest BCUT2D eigenvalue weighted by molar-refractivity contribution is 5.92. The Kier molecular flexibility index (Phi) is 4.61. The zero-order valence-electron chi connectivity index (χ0n) is 12.5. The predicted octanol–water partition coefficient (Wildman–Crippen LogP) is 2.69. The minimum atomic E-state index is -0.597. The Morgan fingerprint density at radius 3 is 2.78 bits per heavy atom. The number of carbonyl (C=O) groups is 1. The monoisotopic (exact) mass is 315 g/mol. The molecule has 0 fully saturated rings. The highest BCUT2D eigenvalue weighted by Crippen LogP contribution is 2.27. The molecule has 0 unspecified atom stereocenters. The highest BCUT2D eigenvalue weighted by atomic mass is 16.6. The first-order chi connectivity index (χ1) is 10.9. The van der Waals surface area contributed by atoms with Crippen LogP contribution in [-0.4, -0.2) is 17.4 Å². The molecule has 2 rings (SSSR count). The SMILES string of the molecule is Cc1oc(NC(=O)COc2ccccc2[N+](=O)[O-])c(C#N)c1C. The molecule has 23 heavy (non-hydrogen) atoms. The zero-order valence-corrected chi connectivity index (χ0v) is 12.5. The third kappa shape index (κ3) is 3.47. The maximum absolute atomic E-state index is 11.9. The van der Waals surface area contributed by atoms with E-state index in [2.05, 4.69) is 5.32 Å². The fraction of sp³-hybridized carbons (Fsp3) is 0.200. The number of hydrogen-bond donors (Lipinski definition) is 1. The molecule has 1 aromatic carbocycles. The molecule has 1 heterocycles. The van der Waals surface area contributed by atoms with Crippen LogP contribution in [0.2, 0.25) is 0 Å². The number of para-hydroxylation sites is 2. The van der Waals surface area contributed by atoms with E-state index in [-0.39, 0.29) is 22.9 Å². The van der Waals surface area contributed by atoms with E-state index in [9.17, 15) is 14.9 Å². The molecule has 0 aliphatic heterocycles. The summed E-state index contributed by atoms with van der Waals surface area (Å²) < 4.78 is 10.5. The summed E-state index contributed by atoms with van der Waals surface area (Å²) in [6.07, 6.45) is 0. The Labute approximate surface area is 131 Å².